The summed E-state index contributed by atoms with van der Waals surface area (Å²) in [5, 5.41) is 12.6. The van der Waals surface area contributed by atoms with Gasteiger partial charge < -0.3 is 15.3 Å². The molecule has 0 aromatic carbocycles. The Morgan fingerprint density at radius 1 is 1.26 bits per heavy atom. The summed E-state index contributed by atoms with van der Waals surface area (Å²) in [5.41, 5.74) is -0.231. The molecule has 6 nitrogen and oxygen atoms in total. The maximum absolute atomic E-state index is 9.43. The largest absolute Gasteiger partial charge is 0.394 e. The fourth-order valence-electron chi connectivity index (χ4n) is 2.26. The summed E-state index contributed by atoms with van der Waals surface area (Å²) >= 11 is 0. The number of aromatic nitrogens is 2. The zero-order valence-electron chi connectivity index (χ0n) is 11.7. The van der Waals surface area contributed by atoms with Crippen molar-refractivity contribution in [3.63, 3.8) is 0 Å². The van der Waals surface area contributed by atoms with Gasteiger partial charge in [0.1, 0.15) is 0 Å². The highest BCUT2D eigenvalue weighted by atomic mass is 16.3. The van der Waals surface area contributed by atoms with Gasteiger partial charge in [-0.3, -0.25) is 4.90 Å². The van der Waals surface area contributed by atoms with Crippen LogP contribution in [-0.2, 0) is 0 Å². The van der Waals surface area contributed by atoms with Crippen LogP contribution in [0.5, 0.6) is 0 Å². The molecule has 0 aliphatic carbocycles. The summed E-state index contributed by atoms with van der Waals surface area (Å²) in [7, 11) is 1.89. The molecule has 1 fully saturated rings. The fraction of sp³-hybridized carbons (Fsp3) is 0.692. The molecule has 0 saturated carbocycles. The number of rotatable bonds is 5. The minimum atomic E-state index is -0.231. The molecule has 1 aliphatic rings. The normalized spacial score (nSPS) is 20.3. The molecule has 1 aromatic rings. The number of nitrogens with one attached hydrogen (secondary N) is 1. The Morgan fingerprint density at radius 3 is 2.42 bits per heavy atom. The van der Waals surface area contributed by atoms with Crippen molar-refractivity contribution in [1.29, 1.82) is 0 Å². The molecule has 0 radical (unpaired) electrons. The second kappa shape index (κ2) is 6.27. The van der Waals surface area contributed by atoms with Gasteiger partial charge in [0.15, 0.2) is 0 Å². The van der Waals surface area contributed by atoms with Gasteiger partial charge in [0.25, 0.3) is 0 Å². The van der Waals surface area contributed by atoms with Gasteiger partial charge in [-0.15, -0.1) is 0 Å². The van der Waals surface area contributed by atoms with E-state index in [1.807, 2.05) is 20.0 Å². The van der Waals surface area contributed by atoms with Gasteiger partial charge in [0, 0.05) is 45.1 Å². The Labute approximate surface area is 114 Å². The first kappa shape index (κ1) is 14.2. The Bertz CT molecular complexity index is 374. The van der Waals surface area contributed by atoms with Crippen molar-refractivity contribution in [3.8, 4) is 0 Å². The SMILES string of the molecule is CNC(C)(CO)CN1CCN(c2ncccn2)CC1. The van der Waals surface area contributed by atoms with E-state index in [2.05, 4.69) is 25.1 Å². The highest BCUT2D eigenvalue weighted by molar-refractivity contribution is 5.29. The molecule has 2 heterocycles. The monoisotopic (exact) mass is 265 g/mol. The number of hydrogen-bond donors (Lipinski definition) is 2. The molecule has 2 rings (SSSR count). The lowest BCUT2D eigenvalue weighted by molar-refractivity contribution is 0.122. The van der Waals surface area contributed by atoms with Crippen LogP contribution in [0.2, 0.25) is 0 Å². The molecule has 1 saturated heterocycles. The first-order valence-electron chi connectivity index (χ1n) is 6.71. The summed E-state index contributed by atoms with van der Waals surface area (Å²) in [5.74, 6) is 0.806. The van der Waals surface area contributed by atoms with Crippen LogP contribution in [0.25, 0.3) is 0 Å². The molecule has 0 spiro atoms. The average molecular weight is 265 g/mol. The predicted molar refractivity (Wildman–Crippen MR) is 75.2 cm³/mol. The maximum atomic E-state index is 9.43. The fourth-order valence-corrected chi connectivity index (χ4v) is 2.26. The van der Waals surface area contributed by atoms with E-state index < -0.39 is 0 Å². The molecule has 6 heteroatoms. The van der Waals surface area contributed by atoms with Crippen molar-refractivity contribution in [3.05, 3.63) is 18.5 Å². The molecule has 1 aliphatic heterocycles. The van der Waals surface area contributed by atoms with Gasteiger partial charge in [-0.1, -0.05) is 0 Å². The van der Waals surface area contributed by atoms with Crippen molar-refractivity contribution in [2.75, 3.05) is 51.3 Å². The summed E-state index contributed by atoms with van der Waals surface area (Å²) in [6, 6.07) is 1.83. The Morgan fingerprint density at radius 2 is 1.89 bits per heavy atom. The molecule has 0 amide bonds. The van der Waals surface area contributed by atoms with E-state index in [0.717, 1.165) is 38.7 Å². The van der Waals surface area contributed by atoms with E-state index in [1.165, 1.54) is 0 Å². The van der Waals surface area contributed by atoms with Gasteiger partial charge in [0.05, 0.1) is 12.1 Å². The molecule has 0 bridgehead atoms. The minimum absolute atomic E-state index is 0.144. The van der Waals surface area contributed by atoms with E-state index in [9.17, 15) is 5.11 Å². The van der Waals surface area contributed by atoms with Crippen LogP contribution in [0.15, 0.2) is 18.5 Å². The predicted octanol–water partition coefficient (Wildman–Crippen LogP) is -0.431. The van der Waals surface area contributed by atoms with Crippen LogP contribution in [-0.4, -0.2) is 71.9 Å². The van der Waals surface area contributed by atoms with E-state index in [-0.39, 0.29) is 12.1 Å². The molecule has 1 atom stereocenters. The zero-order chi connectivity index (χ0) is 13.7. The topological polar surface area (TPSA) is 64.5 Å². The van der Waals surface area contributed by atoms with Gasteiger partial charge >= 0.3 is 0 Å². The Hall–Kier alpha value is -1.24. The van der Waals surface area contributed by atoms with Gasteiger partial charge in [0.2, 0.25) is 5.95 Å². The van der Waals surface area contributed by atoms with Gasteiger partial charge in [-0.2, -0.15) is 0 Å². The molecule has 106 valence electrons. The van der Waals surface area contributed by atoms with Crippen LogP contribution < -0.4 is 10.2 Å². The van der Waals surface area contributed by atoms with Crippen LogP contribution in [0.1, 0.15) is 6.92 Å². The lowest BCUT2D eigenvalue weighted by Gasteiger charge is -2.39. The summed E-state index contributed by atoms with van der Waals surface area (Å²) in [6.07, 6.45) is 3.55. The van der Waals surface area contributed by atoms with Crippen LogP contribution in [0.4, 0.5) is 5.95 Å². The van der Waals surface area contributed by atoms with Crippen molar-refractivity contribution in [2.45, 2.75) is 12.5 Å². The number of hydrogen-bond acceptors (Lipinski definition) is 6. The average Bonchev–Trinajstić information content (AvgIpc) is 2.49. The standard InChI is InChI=1S/C13H23N5O/c1-13(11-19,14-2)10-17-6-8-18(9-7-17)12-15-4-3-5-16-12/h3-5,14,19H,6-11H2,1-2H3. The highest BCUT2D eigenvalue weighted by Crippen LogP contribution is 2.12. The first-order chi connectivity index (χ1) is 9.17. The second-order valence-electron chi connectivity index (χ2n) is 5.28. The Balaban J connectivity index is 1.86. The number of aliphatic hydroxyl groups is 1. The summed E-state index contributed by atoms with van der Waals surface area (Å²) < 4.78 is 0. The number of nitrogens with zero attached hydrogens (tertiary/aromatic N) is 4. The van der Waals surface area contributed by atoms with Crippen LogP contribution in [0.3, 0.4) is 0 Å². The molecular formula is C13H23N5O. The zero-order valence-corrected chi connectivity index (χ0v) is 11.7. The van der Waals surface area contributed by atoms with Gasteiger partial charge in [-0.25, -0.2) is 9.97 Å². The van der Waals surface area contributed by atoms with Gasteiger partial charge in [-0.05, 0) is 20.0 Å². The summed E-state index contributed by atoms with van der Waals surface area (Å²) in [4.78, 5) is 13.1. The van der Waals surface area contributed by atoms with E-state index >= 15 is 0 Å². The minimum Gasteiger partial charge on any atom is -0.394 e. The molecule has 2 N–H and O–H groups in total. The second-order valence-corrected chi connectivity index (χ2v) is 5.28. The quantitative estimate of drug-likeness (QED) is 0.753. The Kier molecular flexibility index (Phi) is 4.68. The third-order valence-corrected chi connectivity index (χ3v) is 3.73. The van der Waals surface area contributed by atoms with Crippen molar-refractivity contribution in [2.24, 2.45) is 0 Å². The molecule has 1 unspecified atom stereocenters. The smallest absolute Gasteiger partial charge is 0.225 e. The maximum Gasteiger partial charge on any atom is 0.225 e. The van der Waals surface area contributed by atoms with Crippen molar-refractivity contribution >= 4 is 5.95 Å². The van der Waals surface area contributed by atoms with E-state index in [4.69, 9.17) is 0 Å². The summed E-state index contributed by atoms with van der Waals surface area (Å²) in [6.45, 7) is 6.82. The molecule has 19 heavy (non-hydrogen) atoms. The third-order valence-electron chi connectivity index (χ3n) is 3.73. The lowest BCUT2D eigenvalue weighted by atomic mass is 10.0. The van der Waals surface area contributed by atoms with Crippen LogP contribution in [0, 0.1) is 0 Å². The number of likely N-dealkylation sites (N-methyl/N-ethyl adjacent to an activating group) is 1. The first-order valence-corrected chi connectivity index (χ1v) is 6.71. The van der Waals surface area contributed by atoms with Crippen molar-refractivity contribution in [1.82, 2.24) is 20.2 Å². The van der Waals surface area contributed by atoms with Crippen LogP contribution >= 0.6 is 0 Å². The third kappa shape index (κ3) is 3.62. The number of anilines is 1. The molecule has 1 aromatic heterocycles. The highest BCUT2D eigenvalue weighted by Gasteiger charge is 2.27. The lowest BCUT2D eigenvalue weighted by Crippen LogP contribution is -2.57. The van der Waals surface area contributed by atoms with Crippen molar-refractivity contribution < 1.29 is 5.11 Å². The molecular weight excluding hydrogens is 242 g/mol. The number of aliphatic hydroxyl groups excluding tert-OH is 1. The van der Waals surface area contributed by atoms with E-state index in [1.54, 1.807) is 12.4 Å². The number of piperazine rings is 1. The van der Waals surface area contributed by atoms with E-state index in [0.29, 0.717) is 0 Å².